The van der Waals surface area contributed by atoms with Crippen LogP contribution in [0.15, 0.2) is 96.0 Å². The minimum atomic E-state index is -4.45. The van der Waals surface area contributed by atoms with E-state index in [0.717, 1.165) is 37.8 Å². The van der Waals surface area contributed by atoms with E-state index >= 15 is 0 Å². The molecule has 1 aliphatic rings. The van der Waals surface area contributed by atoms with Gasteiger partial charge in [0, 0.05) is 23.9 Å². The fourth-order valence-electron chi connectivity index (χ4n) is 4.35. The van der Waals surface area contributed by atoms with Crippen LogP contribution in [0, 0.1) is 0 Å². The molecule has 0 bridgehead atoms. The number of rotatable bonds is 14. The maximum atomic E-state index is 12.5. The molecule has 0 spiro atoms. The molecule has 16 heteroatoms. The maximum absolute atomic E-state index is 12.5. The third-order valence-corrected chi connectivity index (χ3v) is 8.76. The number of aromatic nitrogens is 1. The summed E-state index contributed by atoms with van der Waals surface area (Å²) in [5.41, 5.74) is -0.371. The predicted molar refractivity (Wildman–Crippen MR) is 186 cm³/mol. The predicted octanol–water partition coefficient (Wildman–Crippen LogP) is 6.71. The number of amides is 2. The molecule has 2 N–H and O–H groups in total. The van der Waals surface area contributed by atoms with Crippen molar-refractivity contribution in [2.45, 2.75) is 62.7 Å². The summed E-state index contributed by atoms with van der Waals surface area (Å²) in [5.74, 6) is -0.377. The molecule has 4 aromatic rings. The van der Waals surface area contributed by atoms with Crippen LogP contribution in [-0.2, 0) is 25.7 Å². The number of sulfonamides is 1. The van der Waals surface area contributed by atoms with Crippen molar-refractivity contribution in [1.29, 1.82) is 0 Å². The Hall–Kier alpha value is -5.64. The van der Waals surface area contributed by atoms with E-state index in [0.29, 0.717) is 29.9 Å². The van der Waals surface area contributed by atoms with Crippen LogP contribution in [0.2, 0.25) is 0 Å². The van der Waals surface area contributed by atoms with E-state index in [1.165, 1.54) is 37.4 Å². The van der Waals surface area contributed by atoms with Crippen molar-refractivity contribution in [2.24, 2.45) is 0 Å². The van der Waals surface area contributed by atoms with E-state index in [-0.39, 0.29) is 34.0 Å². The average molecular weight is 758 g/mol. The van der Waals surface area contributed by atoms with Crippen LogP contribution in [0.25, 0.3) is 0 Å². The lowest BCUT2D eigenvalue weighted by molar-refractivity contribution is -0.151. The molecule has 1 saturated carbocycles. The van der Waals surface area contributed by atoms with Crippen molar-refractivity contribution in [3.63, 3.8) is 0 Å². The maximum Gasteiger partial charge on any atom is 0.417 e. The standard InChI is InChI=1S/C19H20F3NO4.C18H18N2O5S/c1-3-4-11-25-18(24)13(2)26-15-6-8-16(9-7-15)27-17-10-5-14(12-23-17)19(20,21)22;1-25-16-5-3-2-4-15(16)18(22)20-26(23,24)14-10-6-12(7-11-14)17(21)19-13-8-9-13/h5-10,12-13H,3-4,11H2,1-2H3;2-7,10-11,13H,8-9H2,1H3,(H,19,21)(H,20,22)/t13-;/m1./s1. The third-order valence-electron chi connectivity index (χ3n) is 7.41. The molecule has 53 heavy (non-hydrogen) atoms. The Labute approximate surface area is 304 Å². The van der Waals surface area contributed by atoms with E-state index < -0.39 is 39.7 Å². The van der Waals surface area contributed by atoms with Gasteiger partial charge in [-0.2, -0.15) is 13.2 Å². The first-order valence-corrected chi connectivity index (χ1v) is 17.9. The Morgan fingerprint density at radius 1 is 0.906 bits per heavy atom. The number of unbranched alkanes of at least 4 members (excludes halogenated alkanes) is 1. The molecular formula is C37H38F3N3O9S. The summed E-state index contributed by atoms with van der Waals surface area (Å²) in [5, 5.41) is 2.82. The highest BCUT2D eigenvalue weighted by Crippen LogP contribution is 2.30. The molecule has 0 aliphatic heterocycles. The van der Waals surface area contributed by atoms with Gasteiger partial charge in [0.25, 0.3) is 21.8 Å². The second-order valence-corrected chi connectivity index (χ2v) is 13.3. The zero-order chi connectivity index (χ0) is 38.6. The molecule has 0 radical (unpaired) electrons. The number of hydrogen-bond acceptors (Lipinski definition) is 10. The number of benzene rings is 3. The molecular weight excluding hydrogens is 719 g/mol. The van der Waals surface area contributed by atoms with Gasteiger partial charge in [0.1, 0.15) is 17.2 Å². The van der Waals surface area contributed by atoms with Crippen LogP contribution < -0.4 is 24.2 Å². The van der Waals surface area contributed by atoms with E-state index in [9.17, 15) is 36.0 Å². The van der Waals surface area contributed by atoms with Gasteiger partial charge in [0.2, 0.25) is 5.88 Å². The van der Waals surface area contributed by atoms with E-state index in [2.05, 4.69) is 10.3 Å². The minimum Gasteiger partial charge on any atom is -0.496 e. The SMILES string of the molecule is CCCCOC(=O)[C@@H](C)Oc1ccc(Oc2ccc(C(F)(F)F)cn2)cc1.COc1ccccc1C(=O)NS(=O)(=O)c1ccc(C(=O)NC2CC2)cc1. The van der Waals surface area contributed by atoms with Crippen LogP contribution in [0.1, 0.15) is 65.8 Å². The topological polar surface area (TPSA) is 159 Å². The molecule has 3 aromatic carbocycles. The molecule has 0 unspecified atom stereocenters. The summed E-state index contributed by atoms with van der Waals surface area (Å²) in [6.07, 6.45) is -0.844. The van der Waals surface area contributed by atoms with Crippen LogP contribution in [0.4, 0.5) is 13.2 Å². The first kappa shape index (κ1) is 40.1. The summed E-state index contributed by atoms with van der Waals surface area (Å²) in [4.78, 5) is 39.5. The molecule has 12 nitrogen and oxygen atoms in total. The molecule has 1 aliphatic carbocycles. The summed E-state index contributed by atoms with van der Waals surface area (Å²) in [7, 11) is -2.68. The van der Waals surface area contributed by atoms with Crippen molar-refractivity contribution in [2.75, 3.05) is 13.7 Å². The molecule has 1 aromatic heterocycles. The van der Waals surface area contributed by atoms with Gasteiger partial charge < -0.3 is 24.3 Å². The lowest BCUT2D eigenvalue weighted by atomic mass is 10.2. The van der Waals surface area contributed by atoms with Gasteiger partial charge in [0.05, 0.1) is 29.7 Å². The number of carbonyl (C=O) groups excluding carboxylic acids is 3. The number of halogens is 3. The van der Waals surface area contributed by atoms with Crippen molar-refractivity contribution < 1.29 is 54.9 Å². The number of nitrogens with zero attached hydrogens (tertiary/aromatic N) is 1. The largest absolute Gasteiger partial charge is 0.496 e. The van der Waals surface area contributed by atoms with E-state index in [4.69, 9.17) is 18.9 Å². The Morgan fingerprint density at radius 3 is 2.15 bits per heavy atom. The Balaban J connectivity index is 0.000000237. The minimum absolute atomic E-state index is 0.0320. The second-order valence-electron chi connectivity index (χ2n) is 11.6. The molecule has 1 atom stereocenters. The Morgan fingerprint density at radius 2 is 1.57 bits per heavy atom. The molecule has 2 amide bonds. The van der Waals surface area contributed by atoms with Gasteiger partial charge in [-0.15, -0.1) is 0 Å². The normalized spacial score (nSPS) is 13.0. The highest BCUT2D eigenvalue weighted by molar-refractivity contribution is 7.90. The zero-order valence-electron chi connectivity index (χ0n) is 29.0. The molecule has 1 fully saturated rings. The zero-order valence-corrected chi connectivity index (χ0v) is 29.8. The fraction of sp³-hybridized carbons (Fsp3) is 0.297. The Bertz CT molecular complexity index is 1950. The van der Waals surface area contributed by atoms with Crippen LogP contribution in [0.5, 0.6) is 23.1 Å². The molecule has 5 rings (SSSR count). The second kappa shape index (κ2) is 18.2. The number of carbonyl (C=O) groups is 3. The van der Waals surface area contributed by atoms with E-state index in [1.54, 1.807) is 49.4 Å². The first-order valence-electron chi connectivity index (χ1n) is 16.5. The summed E-state index contributed by atoms with van der Waals surface area (Å²) in [6, 6.07) is 20.3. The molecule has 282 valence electrons. The quantitative estimate of drug-likeness (QED) is 0.105. The van der Waals surface area contributed by atoms with Crippen molar-refractivity contribution in [3.05, 3.63) is 108 Å². The number of hydrogen-bond donors (Lipinski definition) is 2. The first-order chi connectivity index (χ1) is 25.2. The lowest BCUT2D eigenvalue weighted by Crippen LogP contribution is -2.31. The number of alkyl halides is 3. The number of nitrogens with one attached hydrogen (secondary N) is 2. The average Bonchev–Trinajstić information content (AvgIpc) is 3.96. The van der Waals surface area contributed by atoms with Gasteiger partial charge in [-0.3, -0.25) is 9.59 Å². The highest BCUT2D eigenvalue weighted by Gasteiger charge is 2.31. The van der Waals surface area contributed by atoms with Crippen LogP contribution in [0.3, 0.4) is 0 Å². The monoisotopic (exact) mass is 757 g/mol. The van der Waals surface area contributed by atoms with Crippen molar-refractivity contribution in [3.8, 4) is 23.1 Å². The summed E-state index contributed by atoms with van der Waals surface area (Å²) < 4.78 is 85.4. The number of pyridine rings is 1. The van der Waals surface area contributed by atoms with Gasteiger partial charge in [0.15, 0.2) is 6.10 Å². The third kappa shape index (κ3) is 12.2. The van der Waals surface area contributed by atoms with Gasteiger partial charge in [-0.05, 0) is 92.9 Å². The fourth-order valence-corrected chi connectivity index (χ4v) is 5.32. The van der Waals surface area contributed by atoms with Gasteiger partial charge in [-0.1, -0.05) is 25.5 Å². The molecule has 1 heterocycles. The Kier molecular flexibility index (Phi) is 13.8. The van der Waals surface area contributed by atoms with E-state index in [1.807, 2.05) is 11.6 Å². The van der Waals surface area contributed by atoms with Gasteiger partial charge >= 0.3 is 12.1 Å². The van der Waals surface area contributed by atoms with Gasteiger partial charge in [-0.25, -0.2) is 22.9 Å². The number of methoxy groups -OCH3 is 1. The molecule has 0 saturated heterocycles. The summed E-state index contributed by atoms with van der Waals surface area (Å²) >= 11 is 0. The van der Waals surface area contributed by atoms with Crippen LogP contribution in [-0.4, -0.2) is 57.0 Å². The summed E-state index contributed by atoms with van der Waals surface area (Å²) in [6.45, 7) is 3.94. The highest BCUT2D eigenvalue weighted by atomic mass is 32.2. The van der Waals surface area contributed by atoms with Crippen molar-refractivity contribution >= 4 is 27.8 Å². The van der Waals surface area contributed by atoms with Crippen molar-refractivity contribution in [1.82, 2.24) is 15.0 Å². The lowest BCUT2D eigenvalue weighted by Gasteiger charge is -2.14. The number of ether oxygens (including phenoxy) is 4. The smallest absolute Gasteiger partial charge is 0.417 e. The van der Waals surface area contributed by atoms with Crippen LogP contribution >= 0.6 is 0 Å². The number of esters is 1. The number of para-hydroxylation sites is 1.